The van der Waals surface area contributed by atoms with Gasteiger partial charge in [0.05, 0.1) is 12.0 Å². The maximum absolute atomic E-state index is 13.8. The topological polar surface area (TPSA) is 55.4 Å². The van der Waals surface area contributed by atoms with Gasteiger partial charge in [-0.2, -0.15) is 0 Å². The number of aryl methyl sites for hydroxylation is 1. The van der Waals surface area contributed by atoms with Crippen LogP contribution in [-0.4, -0.2) is 15.5 Å². The fraction of sp³-hybridized carbons (Fsp3) is 0.294. The number of hydrogen-bond acceptors (Lipinski definition) is 3. The van der Waals surface area contributed by atoms with Crippen molar-refractivity contribution in [1.82, 2.24) is 4.72 Å². The number of hydrogen-bond donors (Lipinski definition) is 1. The van der Waals surface area contributed by atoms with Crippen LogP contribution in [0, 0.1) is 5.82 Å². The van der Waals surface area contributed by atoms with E-state index in [1.54, 1.807) is 0 Å². The van der Waals surface area contributed by atoms with Gasteiger partial charge in [-0.1, -0.05) is 24.3 Å². The summed E-state index contributed by atoms with van der Waals surface area (Å²) < 4.78 is 46.4. The molecule has 1 aliphatic carbocycles. The Kier molecular flexibility index (Phi) is 4.37. The van der Waals surface area contributed by atoms with Gasteiger partial charge >= 0.3 is 0 Å². The smallest absolute Gasteiger partial charge is 0.241 e. The zero-order chi connectivity index (χ0) is 16.4. The Morgan fingerprint density at radius 1 is 1.22 bits per heavy atom. The lowest BCUT2D eigenvalue weighted by molar-refractivity contribution is 0.385. The Morgan fingerprint density at radius 3 is 2.74 bits per heavy atom. The minimum Gasteiger partial charge on any atom is -0.494 e. The summed E-state index contributed by atoms with van der Waals surface area (Å²) in [6, 6.07) is 11.2. The van der Waals surface area contributed by atoms with Gasteiger partial charge in [-0.15, -0.1) is 0 Å². The fourth-order valence-electron chi connectivity index (χ4n) is 2.95. The summed E-state index contributed by atoms with van der Waals surface area (Å²) in [5, 5.41) is 0. The van der Waals surface area contributed by atoms with E-state index in [0.717, 1.165) is 36.5 Å². The second-order valence-electron chi connectivity index (χ2n) is 5.56. The molecule has 0 radical (unpaired) electrons. The normalized spacial score (nSPS) is 17.6. The second-order valence-corrected chi connectivity index (χ2v) is 7.28. The number of ether oxygens (including phenoxy) is 1. The highest BCUT2D eigenvalue weighted by atomic mass is 32.2. The maximum Gasteiger partial charge on any atom is 0.241 e. The molecule has 1 aliphatic rings. The lowest BCUT2D eigenvalue weighted by Gasteiger charge is -2.26. The molecular weight excluding hydrogens is 317 g/mol. The zero-order valence-electron chi connectivity index (χ0n) is 12.8. The lowest BCUT2D eigenvalue weighted by atomic mass is 9.88. The van der Waals surface area contributed by atoms with Gasteiger partial charge in [0.15, 0.2) is 11.6 Å². The summed E-state index contributed by atoms with van der Waals surface area (Å²) in [7, 11) is -2.46. The van der Waals surface area contributed by atoms with Crippen molar-refractivity contribution in [1.29, 1.82) is 0 Å². The first-order valence-electron chi connectivity index (χ1n) is 7.45. The molecule has 0 heterocycles. The van der Waals surface area contributed by atoms with Crippen LogP contribution in [-0.2, 0) is 16.4 Å². The van der Waals surface area contributed by atoms with E-state index in [4.69, 9.17) is 4.74 Å². The molecule has 0 bridgehead atoms. The molecule has 0 saturated carbocycles. The first-order chi connectivity index (χ1) is 11.0. The number of fused-ring (bicyclic) bond motifs is 1. The second kappa shape index (κ2) is 6.29. The van der Waals surface area contributed by atoms with Crippen molar-refractivity contribution in [2.45, 2.75) is 30.2 Å². The molecule has 0 fully saturated rings. The monoisotopic (exact) mass is 335 g/mol. The van der Waals surface area contributed by atoms with Crippen LogP contribution in [0.4, 0.5) is 4.39 Å². The van der Waals surface area contributed by atoms with E-state index in [1.165, 1.54) is 19.2 Å². The van der Waals surface area contributed by atoms with Crippen LogP contribution in [0.2, 0.25) is 0 Å². The minimum absolute atomic E-state index is 0.0203. The van der Waals surface area contributed by atoms with Gasteiger partial charge in [-0.05, 0) is 48.6 Å². The molecule has 1 atom stereocenters. The van der Waals surface area contributed by atoms with Crippen molar-refractivity contribution >= 4 is 10.0 Å². The molecule has 0 aromatic heterocycles. The highest BCUT2D eigenvalue weighted by molar-refractivity contribution is 7.89. The van der Waals surface area contributed by atoms with Gasteiger partial charge in [0, 0.05) is 6.04 Å². The first kappa shape index (κ1) is 16.0. The highest BCUT2D eigenvalue weighted by Gasteiger charge is 2.26. The van der Waals surface area contributed by atoms with E-state index in [9.17, 15) is 12.8 Å². The van der Waals surface area contributed by atoms with Crippen molar-refractivity contribution in [3.8, 4) is 5.75 Å². The first-order valence-corrected chi connectivity index (χ1v) is 8.93. The van der Waals surface area contributed by atoms with Gasteiger partial charge in [0.2, 0.25) is 10.0 Å². The molecule has 2 aromatic carbocycles. The third kappa shape index (κ3) is 3.23. The number of sulfonamides is 1. The van der Waals surface area contributed by atoms with Crippen molar-refractivity contribution < 1.29 is 17.5 Å². The Bertz CT molecular complexity index is 820. The third-order valence-corrected chi connectivity index (χ3v) is 5.57. The van der Waals surface area contributed by atoms with Crippen molar-refractivity contribution in [2.24, 2.45) is 0 Å². The van der Waals surface area contributed by atoms with Gasteiger partial charge < -0.3 is 4.74 Å². The van der Waals surface area contributed by atoms with E-state index < -0.39 is 15.8 Å². The zero-order valence-corrected chi connectivity index (χ0v) is 13.6. The highest BCUT2D eigenvalue weighted by Crippen LogP contribution is 2.31. The van der Waals surface area contributed by atoms with E-state index in [1.807, 2.05) is 24.3 Å². The summed E-state index contributed by atoms with van der Waals surface area (Å²) in [5.74, 6) is -0.675. The van der Waals surface area contributed by atoms with Gasteiger partial charge in [-0.3, -0.25) is 0 Å². The molecule has 4 nitrogen and oxygen atoms in total. The molecule has 23 heavy (non-hydrogen) atoms. The number of halogens is 1. The predicted octanol–water partition coefficient (Wildman–Crippen LogP) is 3.19. The minimum atomic E-state index is -3.80. The van der Waals surface area contributed by atoms with E-state index in [2.05, 4.69) is 4.72 Å². The SMILES string of the molecule is COc1ccc(S(=O)(=O)NC2CCCc3ccccc32)cc1F. The molecule has 2 aromatic rings. The quantitative estimate of drug-likeness (QED) is 0.933. The van der Waals surface area contributed by atoms with Crippen LogP contribution in [0.3, 0.4) is 0 Å². The lowest BCUT2D eigenvalue weighted by Crippen LogP contribution is -2.31. The third-order valence-electron chi connectivity index (χ3n) is 4.10. The van der Waals surface area contributed by atoms with Crippen LogP contribution >= 0.6 is 0 Å². The number of rotatable bonds is 4. The van der Waals surface area contributed by atoms with Crippen molar-refractivity contribution in [2.75, 3.05) is 7.11 Å². The molecule has 1 unspecified atom stereocenters. The van der Waals surface area contributed by atoms with Crippen LogP contribution < -0.4 is 9.46 Å². The Balaban J connectivity index is 1.89. The standard InChI is InChI=1S/C17H18FNO3S/c1-22-17-10-9-13(11-15(17)18)23(20,21)19-16-8-4-6-12-5-2-3-7-14(12)16/h2-3,5,7,9-11,16,19H,4,6,8H2,1H3. The van der Waals surface area contributed by atoms with Crippen LogP contribution in [0.1, 0.15) is 30.0 Å². The average molecular weight is 335 g/mol. The molecule has 0 aliphatic heterocycles. The van der Waals surface area contributed by atoms with E-state index in [-0.39, 0.29) is 16.7 Å². The van der Waals surface area contributed by atoms with Gasteiger partial charge in [0.1, 0.15) is 0 Å². The molecule has 0 amide bonds. The summed E-state index contributed by atoms with van der Waals surface area (Å²) in [6.07, 6.45) is 2.60. The Hall–Kier alpha value is -1.92. The summed E-state index contributed by atoms with van der Waals surface area (Å²) >= 11 is 0. The van der Waals surface area contributed by atoms with E-state index in [0.29, 0.717) is 0 Å². The van der Waals surface area contributed by atoms with Crippen LogP contribution in [0.25, 0.3) is 0 Å². The van der Waals surface area contributed by atoms with Gasteiger partial charge in [-0.25, -0.2) is 17.5 Å². The summed E-state index contributed by atoms with van der Waals surface area (Å²) in [5.41, 5.74) is 2.16. The molecular formula is C17H18FNO3S. The number of nitrogens with one attached hydrogen (secondary N) is 1. The molecule has 3 rings (SSSR count). The average Bonchev–Trinajstić information content (AvgIpc) is 2.55. The molecule has 1 N–H and O–H groups in total. The van der Waals surface area contributed by atoms with Crippen LogP contribution in [0.5, 0.6) is 5.75 Å². The molecule has 0 saturated heterocycles. The summed E-state index contributed by atoms with van der Waals surface area (Å²) in [4.78, 5) is -0.0983. The molecule has 0 spiro atoms. The largest absolute Gasteiger partial charge is 0.494 e. The van der Waals surface area contributed by atoms with Crippen LogP contribution in [0.15, 0.2) is 47.4 Å². The molecule has 6 heteroatoms. The fourth-order valence-corrected chi connectivity index (χ4v) is 4.21. The van der Waals surface area contributed by atoms with Gasteiger partial charge in [0.25, 0.3) is 0 Å². The Labute approximate surface area is 135 Å². The number of benzene rings is 2. The van der Waals surface area contributed by atoms with E-state index >= 15 is 0 Å². The summed E-state index contributed by atoms with van der Waals surface area (Å²) in [6.45, 7) is 0. The molecule has 122 valence electrons. The predicted molar refractivity (Wildman–Crippen MR) is 85.4 cm³/mol. The van der Waals surface area contributed by atoms with Crippen molar-refractivity contribution in [3.05, 3.63) is 59.4 Å². The Morgan fingerprint density at radius 2 is 2.00 bits per heavy atom. The number of methoxy groups -OCH3 is 1. The maximum atomic E-state index is 13.8. The van der Waals surface area contributed by atoms with Crippen molar-refractivity contribution in [3.63, 3.8) is 0 Å².